The number of amides is 2. The molecule has 36 heavy (non-hydrogen) atoms. The molecule has 8 nitrogen and oxygen atoms in total. The van der Waals surface area contributed by atoms with Gasteiger partial charge in [0.15, 0.2) is 0 Å². The molecule has 2 rings (SSSR count). The van der Waals surface area contributed by atoms with Crippen molar-refractivity contribution >= 4 is 50.7 Å². The Hall–Kier alpha value is -2.49. The van der Waals surface area contributed by atoms with Crippen LogP contribution in [-0.4, -0.2) is 56.6 Å². The average molecular weight is 559 g/mol. The number of rotatable bonds is 12. The summed E-state index contributed by atoms with van der Waals surface area (Å²) in [6.07, 6.45) is 1.72. The summed E-state index contributed by atoms with van der Waals surface area (Å²) < 4.78 is 32.1. The van der Waals surface area contributed by atoms with Crippen LogP contribution in [0.5, 0.6) is 5.75 Å². The van der Waals surface area contributed by atoms with E-state index in [4.69, 9.17) is 27.9 Å². The maximum Gasteiger partial charge on any atom is 0.244 e. The monoisotopic (exact) mass is 557 g/mol. The first-order chi connectivity index (χ1) is 16.9. The average Bonchev–Trinajstić information content (AvgIpc) is 2.81. The van der Waals surface area contributed by atoms with Crippen molar-refractivity contribution in [1.82, 2.24) is 10.2 Å². The summed E-state index contributed by atoms with van der Waals surface area (Å²) >= 11 is 12.7. The Morgan fingerprint density at radius 3 is 2.19 bits per heavy atom. The predicted molar refractivity (Wildman–Crippen MR) is 144 cm³/mol. The number of nitrogens with one attached hydrogen (secondary N) is 1. The number of hydrogen-bond donors (Lipinski definition) is 1. The van der Waals surface area contributed by atoms with Crippen molar-refractivity contribution in [3.05, 3.63) is 58.1 Å². The fourth-order valence-corrected chi connectivity index (χ4v) is 4.81. The van der Waals surface area contributed by atoms with Crippen molar-refractivity contribution in [3.63, 3.8) is 0 Å². The molecule has 2 aromatic rings. The molecule has 0 aromatic heterocycles. The van der Waals surface area contributed by atoms with Crippen molar-refractivity contribution in [3.8, 4) is 5.75 Å². The third kappa shape index (κ3) is 7.75. The number of benzene rings is 2. The second-order valence-corrected chi connectivity index (χ2v) is 11.1. The summed E-state index contributed by atoms with van der Waals surface area (Å²) in [5, 5.41) is 3.53. The first kappa shape index (κ1) is 29.7. The molecule has 0 heterocycles. The first-order valence-corrected chi connectivity index (χ1v) is 14.2. The lowest BCUT2D eigenvalue weighted by molar-refractivity contribution is -0.139. The third-order valence-electron chi connectivity index (χ3n) is 5.67. The molecule has 1 N–H and O–H groups in total. The molecule has 0 aliphatic carbocycles. The molecule has 0 saturated heterocycles. The Morgan fingerprint density at radius 2 is 1.64 bits per heavy atom. The zero-order valence-corrected chi connectivity index (χ0v) is 23.5. The molecule has 0 unspecified atom stereocenters. The number of para-hydroxylation sites is 2. The van der Waals surface area contributed by atoms with Gasteiger partial charge in [-0.1, -0.05) is 48.3 Å². The second kappa shape index (κ2) is 13.2. The van der Waals surface area contributed by atoms with E-state index in [1.807, 2.05) is 13.8 Å². The Kier molecular flexibility index (Phi) is 10.9. The molecule has 0 saturated carbocycles. The SMILES string of the molecule is CCOc1ccccc1N(CC(=O)N(Cc1c(Cl)cccc1Cl)[C@H](C)C(=O)N[C@@H](C)CC)S(C)(=O)=O. The van der Waals surface area contributed by atoms with E-state index in [-0.39, 0.29) is 24.2 Å². The van der Waals surface area contributed by atoms with Gasteiger partial charge in [-0.3, -0.25) is 13.9 Å². The van der Waals surface area contributed by atoms with Gasteiger partial charge in [0.05, 0.1) is 18.6 Å². The van der Waals surface area contributed by atoms with Crippen molar-refractivity contribution < 1.29 is 22.7 Å². The molecular weight excluding hydrogens is 525 g/mol. The number of anilines is 1. The van der Waals surface area contributed by atoms with E-state index >= 15 is 0 Å². The fourth-order valence-electron chi connectivity index (χ4n) is 3.44. The number of halogens is 2. The first-order valence-electron chi connectivity index (χ1n) is 11.6. The molecule has 0 spiro atoms. The number of hydrogen-bond acceptors (Lipinski definition) is 5. The molecule has 0 aliphatic rings. The van der Waals surface area contributed by atoms with Crippen LogP contribution in [0.15, 0.2) is 42.5 Å². The standard InChI is InChI=1S/C25H33Cl2N3O5S/c1-6-17(3)28-25(32)18(4)29(15-19-20(26)11-10-12-21(19)27)24(31)16-30(36(5,33)34)22-13-8-9-14-23(22)35-7-2/h8-14,17-18H,6-7,15-16H2,1-5H3,(H,28,32)/t17-,18+/m0/s1. The van der Waals surface area contributed by atoms with E-state index in [2.05, 4.69) is 5.32 Å². The van der Waals surface area contributed by atoms with Crippen LogP contribution < -0.4 is 14.4 Å². The molecular formula is C25H33Cl2N3O5S. The van der Waals surface area contributed by atoms with Crippen LogP contribution in [0.3, 0.4) is 0 Å². The number of carbonyl (C=O) groups is 2. The molecule has 0 aliphatic heterocycles. The maximum atomic E-state index is 13.7. The van der Waals surface area contributed by atoms with Gasteiger partial charge >= 0.3 is 0 Å². The Balaban J connectivity index is 2.49. The normalized spacial score (nSPS) is 13.0. The van der Waals surface area contributed by atoms with Crippen LogP contribution in [-0.2, 0) is 26.2 Å². The number of sulfonamides is 1. The van der Waals surface area contributed by atoms with Crippen molar-refractivity contribution in [2.45, 2.75) is 52.7 Å². The molecule has 2 aromatic carbocycles. The van der Waals surface area contributed by atoms with Crippen LogP contribution in [0.25, 0.3) is 0 Å². The van der Waals surface area contributed by atoms with Gasteiger partial charge in [-0.05, 0) is 51.5 Å². The van der Waals surface area contributed by atoms with Crippen molar-refractivity contribution in [2.24, 2.45) is 0 Å². The molecule has 2 atom stereocenters. The fraction of sp³-hybridized carbons (Fsp3) is 0.440. The third-order valence-corrected chi connectivity index (χ3v) is 7.51. The van der Waals surface area contributed by atoms with Gasteiger partial charge in [-0.25, -0.2) is 8.42 Å². The van der Waals surface area contributed by atoms with Gasteiger partial charge in [-0.2, -0.15) is 0 Å². The van der Waals surface area contributed by atoms with Crippen molar-refractivity contribution in [2.75, 3.05) is 23.7 Å². The molecule has 198 valence electrons. The van der Waals surface area contributed by atoms with E-state index < -0.39 is 28.5 Å². The molecule has 0 fully saturated rings. The van der Waals surface area contributed by atoms with Gasteiger partial charge in [0, 0.05) is 28.2 Å². The van der Waals surface area contributed by atoms with Gasteiger partial charge in [-0.15, -0.1) is 0 Å². The lowest BCUT2D eigenvalue weighted by atomic mass is 10.1. The lowest BCUT2D eigenvalue weighted by Gasteiger charge is -2.32. The van der Waals surface area contributed by atoms with Gasteiger partial charge in [0.1, 0.15) is 18.3 Å². The zero-order valence-electron chi connectivity index (χ0n) is 21.1. The molecule has 0 radical (unpaired) electrons. The van der Waals surface area contributed by atoms with E-state index in [1.165, 1.54) is 4.90 Å². The van der Waals surface area contributed by atoms with Crippen molar-refractivity contribution in [1.29, 1.82) is 0 Å². The molecule has 2 amide bonds. The predicted octanol–water partition coefficient (Wildman–Crippen LogP) is 4.49. The highest BCUT2D eigenvalue weighted by Crippen LogP contribution is 2.31. The molecule has 11 heteroatoms. The topological polar surface area (TPSA) is 96.0 Å². The van der Waals surface area contributed by atoms with Gasteiger partial charge in [0.2, 0.25) is 21.8 Å². The van der Waals surface area contributed by atoms with Crippen LogP contribution in [0.2, 0.25) is 10.0 Å². The van der Waals surface area contributed by atoms with Crippen LogP contribution in [0.1, 0.15) is 39.7 Å². The molecule has 0 bridgehead atoms. The minimum Gasteiger partial charge on any atom is -0.492 e. The maximum absolute atomic E-state index is 13.7. The Morgan fingerprint density at radius 1 is 1.03 bits per heavy atom. The van der Waals surface area contributed by atoms with Crippen LogP contribution in [0, 0.1) is 0 Å². The minimum atomic E-state index is -3.89. The van der Waals surface area contributed by atoms with E-state index in [0.717, 1.165) is 10.6 Å². The highest BCUT2D eigenvalue weighted by Gasteiger charge is 2.32. The Bertz CT molecular complexity index is 1160. The summed E-state index contributed by atoms with van der Waals surface area (Å²) in [5.41, 5.74) is 0.681. The van der Waals surface area contributed by atoms with Gasteiger partial charge < -0.3 is 15.0 Å². The summed E-state index contributed by atoms with van der Waals surface area (Å²) in [6.45, 7) is 6.83. The minimum absolute atomic E-state index is 0.0862. The zero-order chi connectivity index (χ0) is 27.0. The summed E-state index contributed by atoms with van der Waals surface area (Å²) in [4.78, 5) is 28.0. The van der Waals surface area contributed by atoms with Crippen LogP contribution in [0.4, 0.5) is 5.69 Å². The largest absolute Gasteiger partial charge is 0.492 e. The second-order valence-electron chi connectivity index (χ2n) is 8.39. The highest BCUT2D eigenvalue weighted by molar-refractivity contribution is 7.92. The quantitative estimate of drug-likeness (QED) is 0.414. The summed E-state index contributed by atoms with van der Waals surface area (Å²) in [7, 11) is -3.89. The van der Waals surface area contributed by atoms with Crippen LogP contribution >= 0.6 is 23.2 Å². The van der Waals surface area contributed by atoms with Gasteiger partial charge in [0.25, 0.3) is 0 Å². The Labute approximate surface area is 223 Å². The lowest BCUT2D eigenvalue weighted by Crippen LogP contribution is -2.52. The summed E-state index contributed by atoms with van der Waals surface area (Å²) in [6, 6.07) is 10.5. The van der Waals surface area contributed by atoms with E-state index in [9.17, 15) is 18.0 Å². The summed E-state index contributed by atoms with van der Waals surface area (Å²) in [5.74, 6) is -0.655. The number of nitrogens with zero attached hydrogens (tertiary/aromatic N) is 2. The van der Waals surface area contributed by atoms with E-state index in [1.54, 1.807) is 56.3 Å². The number of ether oxygens (including phenoxy) is 1. The highest BCUT2D eigenvalue weighted by atomic mass is 35.5. The number of carbonyl (C=O) groups excluding carboxylic acids is 2. The smallest absolute Gasteiger partial charge is 0.244 e. The van der Waals surface area contributed by atoms with E-state index in [0.29, 0.717) is 34.4 Å².